The van der Waals surface area contributed by atoms with Gasteiger partial charge in [-0.2, -0.15) is 0 Å². The van der Waals surface area contributed by atoms with Gasteiger partial charge in [-0.1, -0.05) is 0 Å². The molecule has 74 valence electrons. The van der Waals surface area contributed by atoms with E-state index in [0.717, 1.165) is 23.3 Å². The van der Waals surface area contributed by atoms with Gasteiger partial charge >= 0.3 is 0 Å². The maximum Gasteiger partial charge on any atom is 0.139 e. The number of alkyl halides is 1. The largest absolute Gasteiger partial charge is 0.464 e. The van der Waals surface area contributed by atoms with E-state index < -0.39 is 0 Å². The average Bonchev–Trinajstić information content (AvgIpc) is 2.65. The van der Waals surface area contributed by atoms with Crippen molar-refractivity contribution < 1.29 is 4.42 Å². The summed E-state index contributed by atoms with van der Waals surface area (Å²) in [7, 11) is 1.97. The Balaban J connectivity index is 2.45. The van der Waals surface area contributed by atoms with E-state index in [1.807, 2.05) is 24.1 Å². The third-order valence-corrected chi connectivity index (χ3v) is 2.31. The van der Waals surface area contributed by atoms with Gasteiger partial charge in [-0.15, -0.1) is 11.6 Å². The highest BCUT2D eigenvalue weighted by atomic mass is 35.5. The molecule has 3 nitrogen and oxygen atoms in total. The van der Waals surface area contributed by atoms with Crippen LogP contribution in [0.5, 0.6) is 0 Å². The summed E-state index contributed by atoms with van der Waals surface area (Å²) in [4.78, 5) is 6.32. The van der Waals surface area contributed by atoms with Gasteiger partial charge < -0.3 is 9.32 Å². The molecule has 4 heteroatoms. The molecular formula is C10H11ClN2O. The van der Waals surface area contributed by atoms with E-state index in [2.05, 4.69) is 4.98 Å². The first-order valence-electron chi connectivity index (χ1n) is 4.42. The standard InChI is InChI=1S/C10H11ClN2O/c1-13(6-4-11)10-8-3-7-14-9(8)2-5-12-10/h2-3,5,7H,4,6H2,1H3. The normalized spacial score (nSPS) is 10.7. The predicted molar refractivity (Wildman–Crippen MR) is 58.0 cm³/mol. The van der Waals surface area contributed by atoms with Gasteiger partial charge in [-0.25, -0.2) is 4.98 Å². The maximum absolute atomic E-state index is 5.68. The Bertz CT molecular complexity index is 427. The van der Waals surface area contributed by atoms with E-state index in [-0.39, 0.29) is 0 Å². The SMILES string of the molecule is CN(CCCl)c1nccc2occc12. The molecule has 0 saturated heterocycles. The Labute approximate surface area is 87.3 Å². The Morgan fingerprint density at radius 3 is 3.14 bits per heavy atom. The first kappa shape index (κ1) is 9.34. The van der Waals surface area contributed by atoms with E-state index in [0.29, 0.717) is 5.88 Å². The summed E-state index contributed by atoms with van der Waals surface area (Å²) in [6.45, 7) is 0.777. The molecule has 0 aliphatic rings. The first-order chi connectivity index (χ1) is 6.83. The first-order valence-corrected chi connectivity index (χ1v) is 4.95. The quantitative estimate of drug-likeness (QED) is 0.729. The van der Waals surface area contributed by atoms with Crippen LogP contribution in [0, 0.1) is 0 Å². The van der Waals surface area contributed by atoms with Gasteiger partial charge in [0.2, 0.25) is 0 Å². The van der Waals surface area contributed by atoms with Crippen LogP contribution in [0.25, 0.3) is 11.0 Å². The number of fused-ring (bicyclic) bond motifs is 1. The number of aromatic nitrogens is 1. The molecule has 0 saturated carbocycles. The van der Waals surface area contributed by atoms with E-state index in [9.17, 15) is 0 Å². The zero-order chi connectivity index (χ0) is 9.97. The number of hydrogen-bond acceptors (Lipinski definition) is 3. The van der Waals surface area contributed by atoms with Gasteiger partial charge in [0, 0.05) is 25.7 Å². The molecule has 0 amide bonds. The lowest BCUT2D eigenvalue weighted by Gasteiger charge is -2.16. The number of halogens is 1. The van der Waals surface area contributed by atoms with Crippen molar-refractivity contribution in [2.45, 2.75) is 0 Å². The molecule has 0 radical (unpaired) electrons. The van der Waals surface area contributed by atoms with Crippen LogP contribution < -0.4 is 4.90 Å². The fourth-order valence-electron chi connectivity index (χ4n) is 1.42. The number of rotatable bonds is 3. The second-order valence-electron chi connectivity index (χ2n) is 3.08. The monoisotopic (exact) mass is 210 g/mol. The minimum Gasteiger partial charge on any atom is -0.464 e. The van der Waals surface area contributed by atoms with Crippen molar-refractivity contribution in [3.05, 3.63) is 24.6 Å². The Morgan fingerprint density at radius 2 is 2.36 bits per heavy atom. The van der Waals surface area contributed by atoms with Crippen LogP contribution in [0.1, 0.15) is 0 Å². The van der Waals surface area contributed by atoms with Gasteiger partial charge in [-0.05, 0) is 12.1 Å². The lowest BCUT2D eigenvalue weighted by Crippen LogP contribution is -2.20. The highest BCUT2D eigenvalue weighted by molar-refractivity contribution is 6.18. The van der Waals surface area contributed by atoms with Crippen molar-refractivity contribution in [2.75, 3.05) is 24.4 Å². The smallest absolute Gasteiger partial charge is 0.139 e. The molecule has 0 aromatic carbocycles. The average molecular weight is 211 g/mol. The van der Waals surface area contributed by atoms with Crippen LogP contribution in [0.2, 0.25) is 0 Å². The Kier molecular flexibility index (Phi) is 2.59. The lowest BCUT2D eigenvalue weighted by atomic mass is 10.3. The molecule has 2 aromatic rings. The maximum atomic E-state index is 5.68. The molecule has 0 bridgehead atoms. The predicted octanol–water partition coefficient (Wildman–Crippen LogP) is 2.50. The highest BCUT2D eigenvalue weighted by Crippen LogP contribution is 2.23. The van der Waals surface area contributed by atoms with Crippen molar-refractivity contribution in [3.8, 4) is 0 Å². The molecule has 0 aliphatic carbocycles. The fourth-order valence-corrected chi connectivity index (χ4v) is 1.67. The van der Waals surface area contributed by atoms with Gasteiger partial charge in [0.15, 0.2) is 0 Å². The van der Waals surface area contributed by atoms with Crippen LogP contribution >= 0.6 is 11.6 Å². The van der Waals surface area contributed by atoms with E-state index in [1.165, 1.54) is 0 Å². The topological polar surface area (TPSA) is 29.3 Å². The number of nitrogens with zero attached hydrogens (tertiary/aromatic N) is 2. The molecule has 0 fully saturated rings. The number of anilines is 1. The molecule has 2 aromatic heterocycles. The van der Waals surface area contributed by atoms with Crippen LogP contribution in [-0.2, 0) is 0 Å². The molecule has 14 heavy (non-hydrogen) atoms. The van der Waals surface area contributed by atoms with Crippen molar-refractivity contribution in [1.82, 2.24) is 4.98 Å². The summed E-state index contributed by atoms with van der Waals surface area (Å²) in [6.07, 6.45) is 3.41. The van der Waals surface area contributed by atoms with Crippen LogP contribution in [0.3, 0.4) is 0 Å². The summed E-state index contributed by atoms with van der Waals surface area (Å²) in [5, 5.41) is 1.03. The summed E-state index contributed by atoms with van der Waals surface area (Å²) in [5.74, 6) is 1.50. The molecule has 0 unspecified atom stereocenters. The summed E-state index contributed by atoms with van der Waals surface area (Å²) >= 11 is 5.68. The number of hydrogen-bond donors (Lipinski definition) is 0. The Hall–Kier alpha value is -1.22. The van der Waals surface area contributed by atoms with E-state index >= 15 is 0 Å². The zero-order valence-electron chi connectivity index (χ0n) is 7.90. The molecule has 0 N–H and O–H groups in total. The third-order valence-electron chi connectivity index (χ3n) is 2.14. The molecule has 2 rings (SSSR count). The summed E-state index contributed by atoms with van der Waals surface area (Å²) in [5.41, 5.74) is 0.858. The highest BCUT2D eigenvalue weighted by Gasteiger charge is 2.08. The number of pyridine rings is 1. The lowest BCUT2D eigenvalue weighted by molar-refractivity contribution is 0.615. The fraction of sp³-hybridized carbons (Fsp3) is 0.300. The number of furan rings is 1. The van der Waals surface area contributed by atoms with Gasteiger partial charge in [0.05, 0.1) is 11.6 Å². The summed E-state index contributed by atoms with van der Waals surface area (Å²) in [6, 6.07) is 3.77. The van der Waals surface area contributed by atoms with Crippen molar-refractivity contribution >= 4 is 28.4 Å². The van der Waals surface area contributed by atoms with Crippen LogP contribution in [-0.4, -0.2) is 24.5 Å². The van der Waals surface area contributed by atoms with Gasteiger partial charge in [0.1, 0.15) is 11.4 Å². The second-order valence-corrected chi connectivity index (χ2v) is 3.46. The van der Waals surface area contributed by atoms with Crippen LogP contribution in [0.4, 0.5) is 5.82 Å². The second kappa shape index (κ2) is 3.88. The minimum atomic E-state index is 0.590. The van der Waals surface area contributed by atoms with Gasteiger partial charge in [0.25, 0.3) is 0 Å². The Morgan fingerprint density at radius 1 is 1.50 bits per heavy atom. The van der Waals surface area contributed by atoms with Crippen LogP contribution in [0.15, 0.2) is 29.0 Å². The summed E-state index contributed by atoms with van der Waals surface area (Å²) < 4.78 is 5.29. The van der Waals surface area contributed by atoms with E-state index in [4.69, 9.17) is 16.0 Å². The molecule has 0 spiro atoms. The molecular weight excluding hydrogens is 200 g/mol. The van der Waals surface area contributed by atoms with Crippen molar-refractivity contribution in [2.24, 2.45) is 0 Å². The molecule has 0 atom stereocenters. The molecule has 2 heterocycles. The zero-order valence-corrected chi connectivity index (χ0v) is 8.66. The minimum absolute atomic E-state index is 0.590. The van der Waals surface area contributed by atoms with E-state index in [1.54, 1.807) is 12.5 Å². The third kappa shape index (κ3) is 1.55. The van der Waals surface area contributed by atoms with Crippen molar-refractivity contribution in [3.63, 3.8) is 0 Å². The van der Waals surface area contributed by atoms with Crippen molar-refractivity contribution in [1.29, 1.82) is 0 Å². The van der Waals surface area contributed by atoms with Gasteiger partial charge in [-0.3, -0.25) is 0 Å². The molecule has 0 aliphatic heterocycles.